The molecule has 0 fully saturated rings. The van der Waals surface area contributed by atoms with Gasteiger partial charge in [-0.2, -0.15) is 10.5 Å². The molecule has 4 nitrogen and oxygen atoms in total. The Balaban J connectivity index is 2.40. The van der Waals surface area contributed by atoms with Crippen LogP contribution in [0.5, 0.6) is 0 Å². The first-order valence-electron chi connectivity index (χ1n) is 3.91. The van der Waals surface area contributed by atoms with Gasteiger partial charge in [0.25, 0.3) is 0 Å². The molecule has 1 aliphatic heterocycles. The topological polar surface area (TPSA) is 52.2 Å². The Morgan fingerprint density at radius 2 is 2.15 bits per heavy atom. The first-order chi connectivity index (χ1) is 6.43. The number of benzene rings is 1. The molecule has 61 valence electrons. The summed E-state index contributed by atoms with van der Waals surface area (Å²) in [7, 11) is 0. The summed E-state index contributed by atoms with van der Waals surface area (Å²) in [6, 6.07) is 3.91. The SMILES string of the molecule is C1=N[N]c2cc3ncncc3cc21. The van der Waals surface area contributed by atoms with Gasteiger partial charge >= 0.3 is 0 Å². The third kappa shape index (κ3) is 0.885. The van der Waals surface area contributed by atoms with Gasteiger partial charge in [-0.15, -0.1) is 0 Å². The lowest BCUT2D eigenvalue weighted by Crippen LogP contribution is -1.86. The Labute approximate surface area is 74.3 Å². The van der Waals surface area contributed by atoms with Crippen LogP contribution in [0.1, 0.15) is 5.56 Å². The van der Waals surface area contributed by atoms with Gasteiger partial charge in [-0.3, -0.25) is 0 Å². The summed E-state index contributed by atoms with van der Waals surface area (Å²) in [4.78, 5) is 8.08. The minimum atomic E-state index is 0.881. The summed E-state index contributed by atoms with van der Waals surface area (Å²) in [6.45, 7) is 0. The van der Waals surface area contributed by atoms with Crippen molar-refractivity contribution in [2.75, 3.05) is 0 Å². The Kier molecular flexibility index (Phi) is 1.14. The van der Waals surface area contributed by atoms with E-state index in [1.165, 1.54) is 6.33 Å². The van der Waals surface area contributed by atoms with Crippen molar-refractivity contribution < 1.29 is 0 Å². The smallest absolute Gasteiger partial charge is 0.116 e. The van der Waals surface area contributed by atoms with E-state index in [0.29, 0.717) is 0 Å². The predicted octanol–water partition coefficient (Wildman–Crippen LogP) is 1.21. The van der Waals surface area contributed by atoms with Gasteiger partial charge in [-0.1, -0.05) is 0 Å². The van der Waals surface area contributed by atoms with E-state index in [0.717, 1.165) is 22.2 Å². The van der Waals surface area contributed by atoms with Crippen LogP contribution in [0.15, 0.2) is 29.8 Å². The Morgan fingerprint density at radius 1 is 1.15 bits per heavy atom. The minimum Gasteiger partial charge on any atom is -0.244 e. The van der Waals surface area contributed by atoms with Gasteiger partial charge in [0.2, 0.25) is 0 Å². The van der Waals surface area contributed by atoms with E-state index in [9.17, 15) is 0 Å². The highest BCUT2D eigenvalue weighted by molar-refractivity contribution is 5.96. The van der Waals surface area contributed by atoms with Gasteiger partial charge in [0, 0.05) is 17.1 Å². The summed E-state index contributed by atoms with van der Waals surface area (Å²) in [5.41, 5.74) is 6.77. The fraction of sp³-hybridized carbons (Fsp3) is 0. The van der Waals surface area contributed by atoms with Crippen molar-refractivity contribution in [2.24, 2.45) is 5.10 Å². The van der Waals surface area contributed by atoms with Crippen LogP contribution in [-0.2, 0) is 0 Å². The third-order valence-corrected chi connectivity index (χ3v) is 2.02. The van der Waals surface area contributed by atoms with E-state index in [1.54, 1.807) is 12.4 Å². The van der Waals surface area contributed by atoms with Crippen molar-refractivity contribution in [1.29, 1.82) is 0 Å². The molecular weight excluding hydrogens is 164 g/mol. The van der Waals surface area contributed by atoms with Crippen LogP contribution in [0.25, 0.3) is 10.9 Å². The second kappa shape index (κ2) is 2.26. The standard InChI is InChI=1S/C9H5N4/c1-6-3-10-5-11-8(6)2-9-7(1)4-12-13-9/h1-5H. The molecule has 0 N–H and O–H groups in total. The van der Waals surface area contributed by atoms with E-state index in [-0.39, 0.29) is 0 Å². The number of aromatic nitrogens is 2. The van der Waals surface area contributed by atoms with Crippen molar-refractivity contribution in [3.8, 4) is 0 Å². The van der Waals surface area contributed by atoms with Gasteiger partial charge in [0.15, 0.2) is 0 Å². The van der Waals surface area contributed by atoms with Gasteiger partial charge in [0.05, 0.1) is 17.4 Å². The fourth-order valence-electron chi connectivity index (χ4n) is 1.38. The molecule has 1 radical (unpaired) electrons. The maximum atomic E-state index is 4.13. The quantitative estimate of drug-likeness (QED) is 0.595. The lowest BCUT2D eigenvalue weighted by molar-refractivity contribution is 0.992. The van der Waals surface area contributed by atoms with Crippen LogP contribution in [0.4, 0.5) is 5.69 Å². The molecule has 0 spiro atoms. The predicted molar refractivity (Wildman–Crippen MR) is 48.9 cm³/mol. The lowest BCUT2D eigenvalue weighted by atomic mass is 10.1. The average molecular weight is 169 g/mol. The largest absolute Gasteiger partial charge is 0.244 e. The normalized spacial score (nSPS) is 12.9. The van der Waals surface area contributed by atoms with E-state index in [4.69, 9.17) is 0 Å². The first kappa shape index (κ1) is 6.54. The molecule has 0 saturated heterocycles. The molecule has 0 amide bonds. The lowest BCUT2D eigenvalue weighted by Gasteiger charge is -1.98. The fourth-order valence-corrected chi connectivity index (χ4v) is 1.38. The molecule has 0 aliphatic carbocycles. The van der Waals surface area contributed by atoms with Gasteiger partial charge in [-0.05, 0) is 12.1 Å². The maximum Gasteiger partial charge on any atom is 0.116 e. The minimum absolute atomic E-state index is 0.881. The monoisotopic (exact) mass is 169 g/mol. The van der Waals surface area contributed by atoms with Crippen molar-refractivity contribution in [2.45, 2.75) is 0 Å². The van der Waals surface area contributed by atoms with E-state index in [2.05, 4.69) is 20.5 Å². The zero-order chi connectivity index (χ0) is 8.67. The Hall–Kier alpha value is -1.97. The molecule has 3 rings (SSSR count). The highest BCUT2D eigenvalue weighted by atomic mass is 15.3. The van der Waals surface area contributed by atoms with Gasteiger partial charge in [0.1, 0.15) is 6.33 Å². The van der Waals surface area contributed by atoms with E-state index >= 15 is 0 Å². The number of nitrogens with zero attached hydrogens (tertiary/aromatic N) is 4. The van der Waals surface area contributed by atoms with Crippen LogP contribution in [-0.4, -0.2) is 16.2 Å². The van der Waals surface area contributed by atoms with Crippen molar-refractivity contribution in [1.82, 2.24) is 15.4 Å². The third-order valence-electron chi connectivity index (χ3n) is 2.02. The van der Waals surface area contributed by atoms with Crippen LogP contribution in [0.3, 0.4) is 0 Å². The van der Waals surface area contributed by atoms with Crippen molar-refractivity contribution in [3.63, 3.8) is 0 Å². The number of fused-ring (bicyclic) bond motifs is 2. The molecular formula is C9H5N4. The summed E-state index contributed by atoms with van der Waals surface area (Å²) < 4.78 is 0. The van der Waals surface area contributed by atoms with E-state index in [1.807, 2.05) is 12.1 Å². The molecule has 13 heavy (non-hydrogen) atoms. The molecule has 1 aromatic heterocycles. The number of hydrogen-bond donors (Lipinski definition) is 0. The second-order valence-corrected chi connectivity index (χ2v) is 2.84. The van der Waals surface area contributed by atoms with Crippen LogP contribution >= 0.6 is 0 Å². The van der Waals surface area contributed by atoms with E-state index < -0.39 is 0 Å². The summed E-state index contributed by atoms with van der Waals surface area (Å²) >= 11 is 0. The molecule has 0 saturated carbocycles. The average Bonchev–Trinajstić information content (AvgIpc) is 2.61. The van der Waals surface area contributed by atoms with Gasteiger partial charge in [-0.25, -0.2) is 9.97 Å². The van der Waals surface area contributed by atoms with Crippen LogP contribution in [0, 0.1) is 0 Å². The summed E-state index contributed by atoms with van der Waals surface area (Å²) in [6.07, 6.45) is 5.06. The van der Waals surface area contributed by atoms with Crippen molar-refractivity contribution >= 4 is 22.8 Å². The Morgan fingerprint density at radius 3 is 3.15 bits per heavy atom. The van der Waals surface area contributed by atoms with Gasteiger partial charge < -0.3 is 0 Å². The molecule has 1 aromatic carbocycles. The molecule has 2 aromatic rings. The molecule has 4 heteroatoms. The molecule has 2 heterocycles. The summed E-state index contributed by atoms with van der Waals surface area (Å²) in [5.74, 6) is 0. The van der Waals surface area contributed by atoms with Crippen LogP contribution < -0.4 is 5.43 Å². The Bertz CT molecular complexity index is 504. The zero-order valence-electron chi connectivity index (χ0n) is 6.68. The molecule has 0 bridgehead atoms. The number of hydrogen-bond acceptors (Lipinski definition) is 3. The van der Waals surface area contributed by atoms with Crippen LogP contribution in [0.2, 0.25) is 0 Å². The second-order valence-electron chi connectivity index (χ2n) is 2.84. The molecule has 0 atom stereocenters. The molecule has 1 aliphatic rings. The first-order valence-corrected chi connectivity index (χ1v) is 3.91. The number of rotatable bonds is 0. The summed E-state index contributed by atoms with van der Waals surface area (Å²) in [5, 5.41) is 4.84. The highest BCUT2D eigenvalue weighted by Gasteiger charge is 2.09. The zero-order valence-corrected chi connectivity index (χ0v) is 6.68. The molecule has 0 unspecified atom stereocenters. The maximum absolute atomic E-state index is 4.13. The van der Waals surface area contributed by atoms with Crippen molar-refractivity contribution in [3.05, 3.63) is 30.2 Å². The highest BCUT2D eigenvalue weighted by Crippen LogP contribution is 2.23.